The molecule has 54 heavy (non-hydrogen) atoms. The van der Waals surface area contributed by atoms with E-state index in [0.717, 1.165) is 61.2 Å². The Kier molecular flexibility index (Phi) is 21.0. The zero-order chi connectivity index (χ0) is 39.6. The summed E-state index contributed by atoms with van der Waals surface area (Å²) in [5, 5.41) is 27.8. The normalized spacial score (nSPS) is 30.1. The first-order chi connectivity index (χ1) is 25.8. The fourth-order valence-corrected chi connectivity index (χ4v) is 11.8. The fraction of sp³-hybridized carbons (Fsp3) is 0.878. The lowest BCUT2D eigenvalue weighted by Gasteiger charge is -2.58. The third-order valence-electron chi connectivity index (χ3n) is 15.1. The van der Waals surface area contributed by atoms with Crippen LogP contribution in [0.2, 0.25) is 0 Å². The van der Waals surface area contributed by atoms with Crippen LogP contribution in [0.25, 0.3) is 0 Å². The highest BCUT2D eigenvalue weighted by atomic mass is 16.4. The fourth-order valence-electron chi connectivity index (χ4n) is 11.8. The number of fused-ring (bicyclic) bond motifs is 5. The quantitative estimate of drug-likeness (QED) is 0.0674. The Morgan fingerprint density at radius 2 is 1.39 bits per heavy atom. The van der Waals surface area contributed by atoms with Gasteiger partial charge in [-0.3, -0.25) is 9.59 Å². The molecular weight excluding hydrogens is 669 g/mol. The standard InChI is InChI=1S/C27H46O.C22H40O4/c1-18(2)7-6-8-19(3)23-11-12-24-22-10-9-20-17-21(28)13-15-26(20,4)25(22)14-16-27(23,24)5;1-2-3-4-5-6-7-8-9-10-11-12-13-14-15-16-17-18-20(22(25)26)19-21(23)24/h9,18-19,21-25,28H,6-8,10-17H2,1-5H3;17-18,20H,2-16,19H2,1H3,(H,23,24)(H,25,26)/t19?,21-,22-,23+,24-,25-,26-,27+;/m0./s1. The van der Waals surface area contributed by atoms with Gasteiger partial charge in [0.05, 0.1) is 18.4 Å². The molecule has 0 aliphatic heterocycles. The molecule has 9 atom stereocenters. The van der Waals surface area contributed by atoms with Crippen LogP contribution in [0.1, 0.15) is 215 Å². The van der Waals surface area contributed by atoms with Gasteiger partial charge in [-0.05, 0) is 111 Å². The molecule has 2 unspecified atom stereocenters. The molecular formula is C49H86O5. The van der Waals surface area contributed by atoms with Crippen LogP contribution in [-0.2, 0) is 9.59 Å². The van der Waals surface area contributed by atoms with Gasteiger partial charge in [0.1, 0.15) is 0 Å². The van der Waals surface area contributed by atoms with Crippen molar-refractivity contribution in [1.82, 2.24) is 0 Å². The van der Waals surface area contributed by atoms with E-state index in [4.69, 9.17) is 10.2 Å². The average Bonchev–Trinajstić information content (AvgIpc) is 3.48. The summed E-state index contributed by atoms with van der Waals surface area (Å²) in [6.45, 7) is 14.8. The Morgan fingerprint density at radius 1 is 0.778 bits per heavy atom. The minimum absolute atomic E-state index is 0.0766. The zero-order valence-corrected chi connectivity index (χ0v) is 36.1. The summed E-state index contributed by atoms with van der Waals surface area (Å²) in [4.78, 5) is 21.5. The van der Waals surface area contributed by atoms with Crippen molar-refractivity contribution in [3.8, 4) is 0 Å². The molecule has 3 N–H and O–H groups in total. The molecule has 0 saturated heterocycles. The van der Waals surface area contributed by atoms with Gasteiger partial charge in [0.25, 0.3) is 0 Å². The van der Waals surface area contributed by atoms with E-state index >= 15 is 0 Å². The lowest BCUT2D eigenvalue weighted by atomic mass is 9.47. The number of aliphatic carboxylic acids is 2. The van der Waals surface area contributed by atoms with Crippen LogP contribution in [0.4, 0.5) is 0 Å². The van der Waals surface area contributed by atoms with Crippen molar-refractivity contribution >= 4 is 11.9 Å². The van der Waals surface area contributed by atoms with E-state index in [-0.39, 0.29) is 12.5 Å². The summed E-state index contributed by atoms with van der Waals surface area (Å²) in [5.41, 5.74) is 2.60. The third-order valence-corrected chi connectivity index (χ3v) is 15.1. The van der Waals surface area contributed by atoms with Crippen LogP contribution in [-0.4, -0.2) is 33.4 Å². The number of unbranched alkanes of at least 4 members (excludes halogenated alkanes) is 14. The van der Waals surface area contributed by atoms with Crippen molar-refractivity contribution in [3.63, 3.8) is 0 Å². The molecule has 0 aromatic heterocycles. The maximum Gasteiger partial charge on any atom is 0.310 e. The highest BCUT2D eigenvalue weighted by molar-refractivity contribution is 5.79. The SMILES string of the molecule is CC(C)CCCC(C)[C@H]1CC[C@H]2[C@@H]3CC=C4C[C@@H](O)CC[C@]4(C)[C@H]3CC[C@]12C.CCCCCCCCCCCCCCCCC=CC(CC(=O)O)C(=O)O. The van der Waals surface area contributed by atoms with Crippen LogP contribution in [0.3, 0.4) is 0 Å². The Hall–Kier alpha value is -1.62. The number of allylic oxidation sites excluding steroid dienone is 2. The van der Waals surface area contributed by atoms with Gasteiger partial charge in [0.2, 0.25) is 0 Å². The van der Waals surface area contributed by atoms with E-state index in [0.29, 0.717) is 10.8 Å². The average molecular weight is 755 g/mol. The third kappa shape index (κ3) is 14.4. The molecule has 0 bridgehead atoms. The second-order valence-electron chi connectivity index (χ2n) is 19.5. The van der Waals surface area contributed by atoms with Gasteiger partial charge >= 0.3 is 11.9 Å². The number of rotatable bonds is 24. The van der Waals surface area contributed by atoms with E-state index in [1.165, 1.54) is 147 Å². The topological polar surface area (TPSA) is 94.8 Å². The largest absolute Gasteiger partial charge is 0.481 e. The second kappa shape index (κ2) is 24.2. The highest BCUT2D eigenvalue weighted by Gasteiger charge is 2.59. The Labute approximate surface area is 333 Å². The maximum absolute atomic E-state index is 10.9. The number of aliphatic hydroxyl groups excluding tert-OH is 1. The van der Waals surface area contributed by atoms with Crippen molar-refractivity contribution in [2.45, 2.75) is 221 Å². The molecule has 3 saturated carbocycles. The Morgan fingerprint density at radius 3 is 1.96 bits per heavy atom. The number of carboxylic acid groups (broad SMARTS) is 2. The van der Waals surface area contributed by atoms with Crippen molar-refractivity contribution in [1.29, 1.82) is 0 Å². The first-order valence-corrected chi connectivity index (χ1v) is 23.3. The van der Waals surface area contributed by atoms with Crippen LogP contribution in [0, 0.1) is 52.3 Å². The van der Waals surface area contributed by atoms with Gasteiger partial charge in [-0.2, -0.15) is 0 Å². The Balaban J connectivity index is 0.000000292. The zero-order valence-electron chi connectivity index (χ0n) is 36.1. The van der Waals surface area contributed by atoms with Gasteiger partial charge in [0.15, 0.2) is 0 Å². The van der Waals surface area contributed by atoms with Crippen LogP contribution >= 0.6 is 0 Å². The van der Waals surface area contributed by atoms with Gasteiger partial charge in [0, 0.05) is 0 Å². The minimum Gasteiger partial charge on any atom is -0.481 e. The second-order valence-corrected chi connectivity index (χ2v) is 19.5. The van der Waals surface area contributed by atoms with E-state index in [2.05, 4.69) is 47.6 Å². The molecule has 0 aromatic carbocycles. The van der Waals surface area contributed by atoms with Gasteiger partial charge in [-0.25, -0.2) is 0 Å². The summed E-state index contributed by atoms with van der Waals surface area (Å²) in [5.74, 6) is 2.42. The first-order valence-electron chi connectivity index (χ1n) is 23.3. The number of carboxylic acids is 2. The molecule has 0 amide bonds. The van der Waals surface area contributed by atoms with Crippen molar-refractivity contribution in [3.05, 3.63) is 23.8 Å². The molecule has 0 spiro atoms. The molecule has 0 aromatic rings. The smallest absolute Gasteiger partial charge is 0.310 e. The van der Waals surface area contributed by atoms with Crippen LogP contribution in [0.5, 0.6) is 0 Å². The number of hydrogen-bond acceptors (Lipinski definition) is 3. The number of carbonyl (C=O) groups is 2. The van der Waals surface area contributed by atoms with Crippen LogP contribution < -0.4 is 0 Å². The maximum atomic E-state index is 10.9. The summed E-state index contributed by atoms with van der Waals surface area (Å²) < 4.78 is 0. The van der Waals surface area contributed by atoms with E-state index in [1.807, 2.05) is 6.08 Å². The molecule has 4 aliphatic carbocycles. The predicted molar refractivity (Wildman–Crippen MR) is 227 cm³/mol. The predicted octanol–water partition coefficient (Wildman–Crippen LogP) is 14.0. The monoisotopic (exact) mass is 755 g/mol. The van der Waals surface area contributed by atoms with E-state index in [9.17, 15) is 14.7 Å². The molecule has 5 nitrogen and oxygen atoms in total. The van der Waals surface area contributed by atoms with Crippen molar-refractivity contribution in [2.24, 2.45) is 52.3 Å². The molecule has 3 fully saturated rings. The summed E-state index contributed by atoms with van der Waals surface area (Å²) in [7, 11) is 0. The minimum atomic E-state index is -1.07. The van der Waals surface area contributed by atoms with E-state index in [1.54, 1.807) is 5.57 Å². The molecule has 4 rings (SSSR count). The van der Waals surface area contributed by atoms with Gasteiger partial charge < -0.3 is 15.3 Å². The molecule has 0 heterocycles. The van der Waals surface area contributed by atoms with Gasteiger partial charge in [-0.1, -0.05) is 168 Å². The number of hydrogen-bond donors (Lipinski definition) is 3. The van der Waals surface area contributed by atoms with Gasteiger partial charge in [-0.15, -0.1) is 0 Å². The molecule has 312 valence electrons. The number of aliphatic hydroxyl groups is 1. The molecule has 0 radical (unpaired) electrons. The molecule has 5 heteroatoms. The van der Waals surface area contributed by atoms with Crippen LogP contribution in [0.15, 0.2) is 23.8 Å². The summed E-state index contributed by atoms with van der Waals surface area (Å²) in [6, 6.07) is 0. The lowest BCUT2D eigenvalue weighted by molar-refractivity contribution is -0.146. The van der Waals surface area contributed by atoms with Crippen molar-refractivity contribution < 1.29 is 24.9 Å². The first kappa shape index (κ1) is 46.8. The summed E-state index contributed by atoms with van der Waals surface area (Å²) >= 11 is 0. The summed E-state index contributed by atoms with van der Waals surface area (Å²) in [6.07, 6.45) is 39.5. The molecule has 4 aliphatic rings. The Bertz CT molecular complexity index is 1140. The van der Waals surface area contributed by atoms with Crippen molar-refractivity contribution in [2.75, 3.05) is 0 Å². The van der Waals surface area contributed by atoms with E-state index < -0.39 is 17.9 Å². The lowest BCUT2D eigenvalue weighted by Crippen LogP contribution is -2.50. The highest BCUT2D eigenvalue weighted by Crippen LogP contribution is 2.67.